The Kier molecular flexibility index (Phi) is 6.18. The lowest BCUT2D eigenvalue weighted by Gasteiger charge is -2.09. The first-order valence-corrected chi connectivity index (χ1v) is 7.69. The predicted octanol–water partition coefficient (Wildman–Crippen LogP) is 3.96. The van der Waals surface area contributed by atoms with Gasteiger partial charge in [-0.1, -0.05) is 50.2 Å². The van der Waals surface area contributed by atoms with E-state index < -0.39 is 5.97 Å². The number of hydrogen-bond acceptors (Lipinski definition) is 3. The fourth-order valence-corrected chi connectivity index (χ4v) is 2.18. The fraction of sp³-hybridized carbons (Fsp3) is 0.316. The average Bonchev–Trinajstić information content (AvgIpc) is 2.55. The Morgan fingerprint density at radius 3 is 2.04 bits per heavy atom. The molecule has 0 bridgehead atoms. The lowest BCUT2D eigenvalue weighted by atomic mass is 9.99. The number of carboxylic acids is 1. The van der Waals surface area contributed by atoms with Crippen LogP contribution in [0.25, 0.3) is 11.1 Å². The van der Waals surface area contributed by atoms with Gasteiger partial charge in [0, 0.05) is 0 Å². The molecule has 0 aromatic heterocycles. The van der Waals surface area contributed by atoms with Gasteiger partial charge in [0.2, 0.25) is 0 Å². The summed E-state index contributed by atoms with van der Waals surface area (Å²) in [4.78, 5) is 10.3. The molecule has 23 heavy (non-hydrogen) atoms. The predicted molar refractivity (Wildman–Crippen MR) is 89.9 cm³/mol. The quantitative estimate of drug-likeness (QED) is 0.749. The maximum Gasteiger partial charge on any atom is 0.329 e. The molecule has 122 valence electrons. The highest BCUT2D eigenvalue weighted by molar-refractivity contribution is 5.68. The Bertz CT molecular complexity index is 615. The zero-order valence-electron chi connectivity index (χ0n) is 13.5. The van der Waals surface area contributed by atoms with Crippen LogP contribution in [-0.4, -0.2) is 30.9 Å². The van der Waals surface area contributed by atoms with Gasteiger partial charge in [-0.3, -0.25) is 0 Å². The third-order valence-electron chi connectivity index (χ3n) is 3.49. The van der Waals surface area contributed by atoms with Gasteiger partial charge < -0.3 is 14.6 Å². The molecule has 2 rings (SSSR count). The van der Waals surface area contributed by atoms with Crippen molar-refractivity contribution in [1.29, 1.82) is 0 Å². The summed E-state index contributed by atoms with van der Waals surface area (Å²) in [5.74, 6) is 0.299. The molecule has 0 fully saturated rings. The van der Waals surface area contributed by atoms with Crippen LogP contribution in [-0.2, 0) is 9.53 Å². The molecule has 2 aromatic rings. The van der Waals surface area contributed by atoms with Gasteiger partial charge in [0.1, 0.15) is 19.0 Å². The largest absolute Gasteiger partial charge is 0.491 e. The minimum Gasteiger partial charge on any atom is -0.491 e. The molecule has 0 spiro atoms. The van der Waals surface area contributed by atoms with E-state index in [1.54, 1.807) is 0 Å². The maximum absolute atomic E-state index is 10.3. The van der Waals surface area contributed by atoms with E-state index in [9.17, 15) is 4.79 Å². The van der Waals surface area contributed by atoms with Crippen molar-refractivity contribution in [3.63, 3.8) is 0 Å². The first-order valence-electron chi connectivity index (χ1n) is 7.69. The van der Waals surface area contributed by atoms with Gasteiger partial charge in [-0.15, -0.1) is 0 Å². The molecular formula is C19H22O4. The Balaban J connectivity index is 1.87. The Morgan fingerprint density at radius 2 is 1.52 bits per heavy atom. The highest BCUT2D eigenvalue weighted by Gasteiger charge is 2.02. The molecule has 0 aliphatic carbocycles. The number of carbonyl (C=O) groups is 1. The van der Waals surface area contributed by atoms with Gasteiger partial charge in [-0.05, 0) is 34.7 Å². The van der Waals surface area contributed by atoms with E-state index in [2.05, 4.69) is 38.1 Å². The van der Waals surface area contributed by atoms with Gasteiger partial charge in [-0.2, -0.15) is 0 Å². The number of carboxylic acid groups (broad SMARTS) is 1. The van der Waals surface area contributed by atoms with Crippen LogP contribution in [0, 0.1) is 0 Å². The summed E-state index contributed by atoms with van der Waals surface area (Å²) < 4.78 is 10.4. The maximum atomic E-state index is 10.3. The zero-order chi connectivity index (χ0) is 16.7. The highest BCUT2D eigenvalue weighted by Crippen LogP contribution is 2.24. The topological polar surface area (TPSA) is 55.8 Å². The summed E-state index contributed by atoms with van der Waals surface area (Å²) in [6.07, 6.45) is 0. The number of hydrogen-bond donors (Lipinski definition) is 1. The summed E-state index contributed by atoms with van der Waals surface area (Å²) in [6.45, 7) is 4.65. The van der Waals surface area contributed by atoms with Gasteiger partial charge in [-0.25, -0.2) is 4.79 Å². The minimum absolute atomic E-state index is 0.255. The van der Waals surface area contributed by atoms with Crippen molar-refractivity contribution >= 4 is 5.97 Å². The first-order chi connectivity index (χ1) is 11.1. The summed E-state index contributed by atoms with van der Waals surface area (Å²) >= 11 is 0. The van der Waals surface area contributed by atoms with Crippen LogP contribution in [0.1, 0.15) is 25.3 Å². The van der Waals surface area contributed by atoms with Crippen LogP contribution in [0.2, 0.25) is 0 Å². The molecule has 0 aliphatic heterocycles. The second-order valence-corrected chi connectivity index (χ2v) is 5.60. The zero-order valence-corrected chi connectivity index (χ0v) is 13.5. The number of benzene rings is 2. The van der Waals surface area contributed by atoms with Crippen LogP contribution < -0.4 is 4.74 Å². The van der Waals surface area contributed by atoms with Gasteiger partial charge in [0.05, 0.1) is 6.61 Å². The van der Waals surface area contributed by atoms with Crippen molar-refractivity contribution < 1.29 is 19.4 Å². The molecule has 4 heteroatoms. The highest BCUT2D eigenvalue weighted by atomic mass is 16.5. The van der Waals surface area contributed by atoms with Crippen LogP contribution >= 0.6 is 0 Å². The third-order valence-corrected chi connectivity index (χ3v) is 3.49. The second kappa shape index (κ2) is 8.34. The van der Waals surface area contributed by atoms with Crippen LogP contribution in [0.3, 0.4) is 0 Å². The molecule has 0 heterocycles. The lowest BCUT2D eigenvalue weighted by molar-refractivity contribution is -0.142. The summed E-state index contributed by atoms with van der Waals surface area (Å²) in [7, 11) is 0. The molecule has 0 amide bonds. The van der Waals surface area contributed by atoms with Crippen molar-refractivity contribution in [3.05, 3.63) is 54.1 Å². The molecule has 0 saturated carbocycles. The smallest absolute Gasteiger partial charge is 0.329 e. The molecule has 0 atom stereocenters. The molecule has 0 unspecified atom stereocenters. The van der Waals surface area contributed by atoms with E-state index in [-0.39, 0.29) is 13.2 Å². The summed E-state index contributed by atoms with van der Waals surface area (Å²) in [5.41, 5.74) is 3.63. The average molecular weight is 314 g/mol. The normalized spacial score (nSPS) is 10.7. The van der Waals surface area contributed by atoms with Gasteiger partial charge in [0.25, 0.3) is 0 Å². The van der Waals surface area contributed by atoms with Crippen molar-refractivity contribution in [2.24, 2.45) is 0 Å². The molecule has 2 aromatic carbocycles. The van der Waals surface area contributed by atoms with Crippen LogP contribution in [0.5, 0.6) is 5.75 Å². The van der Waals surface area contributed by atoms with Crippen molar-refractivity contribution in [2.45, 2.75) is 19.8 Å². The number of aliphatic carboxylic acids is 1. The molecule has 1 N–H and O–H groups in total. The van der Waals surface area contributed by atoms with E-state index in [1.165, 1.54) is 11.1 Å². The lowest BCUT2D eigenvalue weighted by Crippen LogP contribution is -2.12. The molecular weight excluding hydrogens is 292 g/mol. The number of ether oxygens (including phenoxy) is 2. The Morgan fingerprint density at radius 1 is 0.957 bits per heavy atom. The standard InChI is InChI=1S/C19H22O4/c1-14(2)15-3-5-16(6-4-15)17-7-9-18(10-8-17)23-12-11-22-13-19(20)21/h3-10,14H,11-13H2,1-2H3,(H,20,21). The minimum atomic E-state index is -0.974. The Labute approximate surface area is 136 Å². The van der Waals surface area contributed by atoms with E-state index in [4.69, 9.17) is 14.6 Å². The summed E-state index contributed by atoms with van der Waals surface area (Å²) in [5, 5.41) is 8.45. The number of rotatable bonds is 8. The fourth-order valence-electron chi connectivity index (χ4n) is 2.18. The van der Waals surface area contributed by atoms with Crippen LogP contribution in [0.15, 0.2) is 48.5 Å². The van der Waals surface area contributed by atoms with E-state index in [0.717, 1.165) is 11.3 Å². The molecule has 0 saturated heterocycles. The van der Waals surface area contributed by atoms with Gasteiger partial charge in [0.15, 0.2) is 0 Å². The molecule has 0 aliphatic rings. The monoisotopic (exact) mass is 314 g/mol. The molecule has 0 radical (unpaired) electrons. The Hall–Kier alpha value is -2.33. The van der Waals surface area contributed by atoms with E-state index in [0.29, 0.717) is 12.5 Å². The van der Waals surface area contributed by atoms with Crippen molar-refractivity contribution in [2.75, 3.05) is 19.8 Å². The van der Waals surface area contributed by atoms with Crippen LogP contribution in [0.4, 0.5) is 0 Å². The first kappa shape index (κ1) is 17.0. The van der Waals surface area contributed by atoms with E-state index >= 15 is 0 Å². The second-order valence-electron chi connectivity index (χ2n) is 5.60. The SMILES string of the molecule is CC(C)c1ccc(-c2ccc(OCCOCC(=O)O)cc2)cc1. The van der Waals surface area contributed by atoms with Crippen molar-refractivity contribution in [3.8, 4) is 16.9 Å². The third kappa shape index (κ3) is 5.42. The van der Waals surface area contributed by atoms with Gasteiger partial charge >= 0.3 is 5.97 Å². The van der Waals surface area contributed by atoms with Crippen molar-refractivity contribution in [1.82, 2.24) is 0 Å². The molecule has 4 nitrogen and oxygen atoms in total. The summed E-state index contributed by atoms with van der Waals surface area (Å²) in [6, 6.07) is 16.4. The van der Waals surface area contributed by atoms with E-state index in [1.807, 2.05) is 24.3 Å².